The minimum absolute atomic E-state index is 0.113. The summed E-state index contributed by atoms with van der Waals surface area (Å²) >= 11 is 2.05. The largest absolute Gasteiger partial charge is 0.447 e. The minimum atomic E-state index is 0.113. The van der Waals surface area contributed by atoms with Gasteiger partial charge in [-0.1, -0.05) is 0 Å². The van der Waals surface area contributed by atoms with Gasteiger partial charge < -0.3 is 4.74 Å². The lowest BCUT2D eigenvalue weighted by Gasteiger charge is -2.10. The van der Waals surface area contributed by atoms with Gasteiger partial charge in [0.15, 0.2) is 6.23 Å². The summed E-state index contributed by atoms with van der Waals surface area (Å²) in [5.74, 6) is 0. The molecule has 8 heavy (non-hydrogen) atoms. The molecule has 0 saturated carbocycles. The van der Waals surface area contributed by atoms with Crippen molar-refractivity contribution >= 4 is 26.5 Å². The molecule has 1 atom stereocenters. The van der Waals surface area contributed by atoms with Gasteiger partial charge >= 0.3 is 0 Å². The van der Waals surface area contributed by atoms with Crippen LogP contribution in [0.2, 0.25) is 0 Å². The Balaban J connectivity index is 2.56. The van der Waals surface area contributed by atoms with Crippen molar-refractivity contribution in [2.75, 3.05) is 7.05 Å². The summed E-state index contributed by atoms with van der Waals surface area (Å²) in [6.07, 6.45) is 0.113. The Hall–Kier alpha value is -0.0000000000000000555. The van der Waals surface area contributed by atoms with Gasteiger partial charge in [0, 0.05) is 29.6 Å². The standard InChI is InChI=1S/C4H7IN2O/c1-3-7(2)6-4(5)8-3/h3H,1-2H3. The number of nitrogens with zero attached hydrogens (tertiary/aromatic N) is 2. The molecule has 0 aromatic rings. The normalized spacial score (nSPS) is 27.6. The Morgan fingerprint density at radius 1 is 1.88 bits per heavy atom. The predicted octanol–water partition coefficient (Wildman–Crippen LogP) is 1.00. The van der Waals surface area contributed by atoms with E-state index in [1.807, 2.05) is 36.6 Å². The van der Waals surface area contributed by atoms with E-state index in [0.29, 0.717) is 0 Å². The lowest BCUT2D eigenvalue weighted by molar-refractivity contribution is 0.0988. The van der Waals surface area contributed by atoms with Crippen molar-refractivity contribution in [3.8, 4) is 0 Å². The third-order valence-electron chi connectivity index (χ3n) is 1.03. The van der Waals surface area contributed by atoms with Crippen molar-refractivity contribution in [2.45, 2.75) is 13.2 Å². The van der Waals surface area contributed by atoms with E-state index in [0.717, 1.165) is 3.90 Å². The Kier molecular flexibility index (Phi) is 1.59. The van der Waals surface area contributed by atoms with Crippen LogP contribution in [0.1, 0.15) is 6.92 Å². The van der Waals surface area contributed by atoms with Crippen LogP contribution in [-0.2, 0) is 4.74 Å². The molecule has 0 radical (unpaired) electrons. The quantitative estimate of drug-likeness (QED) is 0.575. The molecule has 1 aliphatic heterocycles. The summed E-state index contributed by atoms with van der Waals surface area (Å²) in [6.45, 7) is 1.95. The molecule has 4 heteroatoms. The van der Waals surface area contributed by atoms with Crippen LogP contribution in [0, 0.1) is 0 Å². The molecule has 0 aromatic carbocycles. The van der Waals surface area contributed by atoms with Gasteiger partial charge in [-0.05, 0) is 6.92 Å². The zero-order chi connectivity index (χ0) is 6.15. The fraction of sp³-hybridized carbons (Fsp3) is 0.750. The van der Waals surface area contributed by atoms with Crippen LogP contribution in [0.3, 0.4) is 0 Å². The van der Waals surface area contributed by atoms with E-state index in [-0.39, 0.29) is 6.23 Å². The lowest BCUT2D eigenvalue weighted by atomic mass is 10.7. The maximum Gasteiger partial charge on any atom is 0.270 e. The molecule has 46 valence electrons. The highest BCUT2D eigenvalue weighted by atomic mass is 127. The maximum atomic E-state index is 5.14. The number of hydrogen-bond donors (Lipinski definition) is 0. The van der Waals surface area contributed by atoms with Crippen LogP contribution >= 0.6 is 22.6 Å². The zero-order valence-electron chi connectivity index (χ0n) is 4.76. The Labute approximate surface area is 61.8 Å². The van der Waals surface area contributed by atoms with Gasteiger partial charge in [-0.3, -0.25) is 5.01 Å². The van der Waals surface area contributed by atoms with Crippen molar-refractivity contribution in [2.24, 2.45) is 5.10 Å². The van der Waals surface area contributed by atoms with Crippen LogP contribution in [-0.4, -0.2) is 22.2 Å². The molecule has 0 bridgehead atoms. The summed E-state index contributed by atoms with van der Waals surface area (Å²) < 4.78 is 5.86. The molecule has 0 spiro atoms. The zero-order valence-corrected chi connectivity index (χ0v) is 6.92. The predicted molar refractivity (Wildman–Crippen MR) is 39.8 cm³/mol. The molecule has 1 aliphatic rings. The Bertz CT molecular complexity index is 125. The van der Waals surface area contributed by atoms with E-state index in [9.17, 15) is 0 Å². The maximum absolute atomic E-state index is 5.14. The topological polar surface area (TPSA) is 24.8 Å². The molecular weight excluding hydrogens is 219 g/mol. The van der Waals surface area contributed by atoms with E-state index < -0.39 is 0 Å². The Morgan fingerprint density at radius 3 is 2.62 bits per heavy atom. The molecule has 1 heterocycles. The second-order valence-corrected chi connectivity index (χ2v) is 2.57. The van der Waals surface area contributed by atoms with E-state index >= 15 is 0 Å². The van der Waals surface area contributed by atoms with Crippen molar-refractivity contribution in [3.05, 3.63) is 0 Å². The molecular formula is C4H7IN2O. The third-order valence-corrected chi connectivity index (χ3v) is 1.50. The van der Waals surface area contributed by atoms with Gasteiger partial charge in [-0.25, -0.2) is 0 Å². The second-order valence-electron chi connectivity index (χ2n) is 1.64. The molecule has 0 amide bonds. The second kappa shape index (κ2) is 2.08. The van der Waals surface area contributed by atoms with Crippen LogP contribution in [0.25, 0.3) is 0 Å². The van der Waals surface area contributed by atoms with Crippen molar-refractivity contribution in [1.29, 1.82) is 0 Å². The first-order valence-electron chi connectivity index (χ1n) is 2.34. The lowest BCUT2D eigenvalue weighted by Crippen LogP contribution is -2.19. The van der Waals surface area contributed by atoms with Gasteiger partial charge in [0.05, 0.1) is 0 Å². The fourth-order valence-corrected chi connectivity index (χ4v) is 1.15. The number of ether oxygens (including phenoxy) is 1. The highest BCUT2D eigenvalue weighted by Crippen LogP contribution is 2.11. The van der Waals surface area contributed by atoms with Gasteiger partial charge in [0.2, 0.25) is 0 Å². The number of hydrazone groups is 1. The van der Waals surface area contributed by atoms with Gasteiger partial charge in [0.1, 0.15) is 0 Å². The number of hydrogen-bond acceptors (Lipinski definition) is 3. The molecule has 0 fully saturated rings. The number of halogens is 1. The summed E-state index contributed by atoms with van der Waals surface area (Å²) in [5.41, 5.74) is 0. The molecule has 0 N–H and O–H groups in total. The summed E-state index contributed by atoms with van der Waals surface area (Å²) in [6, 6.07) is 0. The fourth-order valence-electron chi connectivity index (χ4n) is 0.446. The van der Waals surface area contributed by atoms with Crippen LogP contribution < -0.4 is 0 Å². The smallest absolute Gasteiger partial charge is 0.270 e. The molecule has 0 aromatic heterocycles. The number of rotatable bonds is 0. The summed E-state index contributed by atoms with van der Waals surface area (Å²) in [5, 5.41) is 5.76. The third kappa shape index (κ3) is 1.04. The summed E-state index contributed by atoms with van der Waals surface area (Å²) in [7, 11) is 1.89. The molecule has 1 unspecified atom stereocenters. The van der Waals surface area contributed by atoms with Gasteiger partial charge in [-0.15, -0.1) is 5.10 Å². The first kappa shape index (κ1) is 6.12. The molecule has 0 aliphatic carbocycles. The van der Waals surface area contributed by atoms with Crippen molar-refractivity contribution in [3.63, 3.8) is 0 Å². The minimum Gasteiger partial charge on any atom is -0.447 e. The Morgan fingerprint density at radius 2 is 2.50 bits per heavy atom. The first-order valence-corrected chi connectivity index (χ1v) is 3.41. The summed E-state index contributed by atoms with van der Waals surface area (Å²) in [4.78, 5) is 0. The van der Waals surface area contributed by atoms with Crippen molar-refractivity contribution < 1.29 is 4.74 Å². The van der Waals surface area contributed by atoms with E-state index in [1.165, 1.54) is 0 Å². The van der Waals surface area contributed by atoms with E-state index in [4.69, 9.17) is 4.74 Å². The molecule has 1 rings (SSSR count). The van der Waals surface area contributed by atoms with Gasteiger partial charge in [-0.2, -0.15) is 0 Å². The SMILES string of the molecule is CC1OC(I)=NN1C. The van der Waals surface area contributed by atoms with E-state index in [1.54, 1.807) is 5.01 Å². The van der Waals surface area contributed by atoms with Crippen LogP contribution in [0.4, 0.5) is 0 Å². The average Bonchev–Trinajstić information content (AvgIpc) is 1.85. The average molecular weight is 226 g/mol. The highest BCUT2D eigenvalue weighted by Gasteiger charge is 2.16. The van der Waals surface area contributed by atoms with Crippen molar-refractivity contribution in [1.82, 2.24) is 5.01 Å². The van der Waals surface area contributed by atoms with Gasteiger partial charge in [0.25, 0.3) is 3.90 Å². The van der Waals surface area contributed by atoms with E-state index in [2.05, 4.69) is 5.10 Å². The molecule has 3 nitrogen and oxygen atoms in total. The van der Waals surface area contributed by atoms with Crippen LogP contribution in [0.15, 0.2) is 5.10 Å². The van der Waals surface area contributed by atoms with Crippen LogP contribution in [0.5, 0.6) is 0 Å². The first-order chi connectivity index (χ1) is 3.70. The molecule has 0 saturated heterocycles. The highest BCUT2D eigenvalue weighted by molar-refractivity contribution is 14.1. The monoisotopic (exact) mass is 226 g/mol.